The number of aromatic amines is 1. The standard InChI is InChI=1S/C17H22ClN3O3/c1-3-17(2,20-6-8-24-9-7-20)11-21-15(22)13-5-4-12(18)10-14(13)19-16(21)23/h4-5,10H,3,6-9,11H2,1-2H3,(H,19,23)/t17-/m0/s1. The van der Waals surface area contributed by atoms with Gasteiger partial charge in [0.05, 0.1) is 24.1 Å². The van der Waals surface area contributed by atoms with Gasteiger partial charge in [0.25, 0.3) is 5.56 Å². The molecule has 6 nitrogen and oxygen atoms in total. The molecule has 1 aromatic heterocycles. The van der Waals surface area contributed by atoms with Gasteiger partial charge >= 0.3 is 5.69 Å². The van der Waals surface area contributed by atoms with Crippen molar-refractivity contribution in [2.45, 2.75) is 32.4 Å². The summed E-state index contributed by atoms with van der Waals surface area (Å²) in [5.41, 5.74) is -0.486. The van der Waals surface area contributed by atoms with E-state index >= 15 is 0 Å². The highest BCUT2D eigenvalue weighted by Gasteiger charge is 2.32. The smallest absolute Gasteiger partial charge is 0.328 e. The molecule has 2 aromatic rings. The van der Waals surface area contributed by atoms with Crippen molar-refractivity contribution in [3.05, 3.63) is 44.1 Å². The summed E-state index contributed by atoms with van der Waals surface area (Å²) in [7, 11) is 0. The third-order valence-electron chi connectivity index (χ3n) is 4.98. The van der Waals surface area contributed by atoms with Crippen molar-refractivity contribution < 1.29 is 4.74 Å². The third-order valence-corrected chi connectivity index (χ3v) is 5.21. The predicted molar refractivity (Wildman–Crippen MR) is 94.9 cm³/mol. The quantitative estimate of drug-likeness (QED) is 0.912. The van der Waals surface area contributed by atoms with Gasteiger partial charge in [0.15, 0.2) is 0 Å². The van der Waals surface area contributed by atoms with Crippen LogP contribution < -0.4 is 11.2 Å². The minimum atomic E-state index is -0.400. The second kappa shape index (κ2) is 6.70. The lowest BCUT2D eigenvalue weighted by Crippen LogP contribution is -2.56. The Kier molecular flexibility index (Phi) is 4.80. The maximum Gasteiger partial charge on any atom is 0.328 e. The number of benzene rings is 1. The Morgan fingerprint density at radius 1 is 1.29 bits per heavy atom. The van der Waals surface area contributed by atoms with Gasteiger partial charge in [0.1, 0.15) is 0 Å². The first kappa shape index (κ1) is 17.2. The summed E-state index contributed by atoms with van der Waals surface area (Å²) < 4.78 is 6.72. The van der Waals surface area contributed by atoms with Crippen LogP contribution in [0.1, 0.15) is 20.3 Å². The molecule has 1 saturated heterocycles. The highest BCUT2D eigenvalue weighted by Crippen LogP contribution is 2.22. The molecule has 7 heteroatoms. The summed E-state index contributed by atoms with van der Waals surface area (Å²) in [4.78, 5) is 30.3. The number of fused-ring (bicyclic) bond motifs is 1. The first-order valence-electron chi connectivity index (χ1n) is 8.20. The zero-order chi connectivity index (χ0) is 17.3. The van der Waals surface area contributed by atoms with Crippen molar-refractivity contribution in [1.82, 2.24) is 14.5 Å². The molecule has 0 unspecified atom stereocenters. The van der Waals surface area contributed by atoms with Gasteiger partial charge in [-0.1, -0.05) is 18.5 Å². The molecule has 1 atom stereocenters. The summed E-state index contributed by atoms with van der Waals surface area (Å²) >= 11 is 5.94. The normalized spacial score (nSPS) is 18.6. The summed E-state index contributed by atoms with van der Waals surface area (Å²) in [5.74, 6) is 0. The number of morpholine rings is 1. The van der Waals surface area contributed by atoms with Crippen molar-refractivity contribution >= 4 is 22.5 Å². The number of H-pyrrole nitrogens is 1. The summed E-state index contributed by atoms with van der Waals surface area (Å²) in [6, 6.07) is 4.92. The Labute approximate surface area is 145 Å². The molecule has 130 valence electrons. The molecule has 0 radical (unpaired) electrons. The van der Waals surface area contributed by atoms with E-state index in [0.717, 1.165) is 19.5 Å². The van der Waals surface area contributed by atoms with Crippen molar-refractivity contribution in [2.75, 3.05) is 26.3 Å². The van der Waals surface area contributed by atoms with Gasteiger partial charge in [0.2, 0.25) is 0 Å². The van der Waals surface area contributed by atoms with Gasteiger partial charge in [-0.15, -0.1) is 0 Å². The van der Waals surface area contributed by atoms with E-state index in [0.29, 0.717) is 35.7 Å². The zero-order valence-corrected chi connectivity index (χ0v) is 14.7. The molecule has 0 bridgehead atoms. The lowest BCUT2D eigenvalue weighted by Gasteiger charge is -2.43. The van der Waals surface area contributed by atoms with E-state index in [1.165, 1.54) is 4.57 Å². The van der Waals surface area contributed by atoms with Crippen LogP contribution in [0.5, 0.6) is 0 Å². The van der Waals surface area contributed by atoms with E-state index in [9.17, 15) is 9.59 Å². The van der Waals surface area contributed by atoms with Crippen LogP contribution in [0.25, 0.3) is 10.9 Å². The van der Waals surface area contributed by atoms with Crippen LogP contribution in [-0.4, -0.2) is 46.3 Å². The number of nitrogens with one attached hydrogen (secondary N) is 1. The Bertz CT molecular complexity index is 854. The van der Waals surface area contributed by atoms with Crippen molar-refractivity contribution in [3.63, 3.8) is 0 Å². The Balaban J connectivity index is 2.03. The Morgan fingerprint density at radius 2 is 2.00 bits per heavy atom. The zero-order valence-electron chi connectivity index (χ0n) is 14.0. The molecule has 24 heavy (non-hydrogen) atoms. The molecule has 3 rings (SSSR count). The third kappa shape index (κ3) is 3.14. The molecule has 1 aromatic carbocycles. The van der Waals surface area contributed by atoms with Gasteiger partial charge in [-0.3, -0.25) is 14.3 Å². The van der Waals surface area contributed by atoms with Crippen LogP contribution in [0.3, 0.4) is 0 Å². The second-order valence-electron chi connectivity index (χ2n) is 6.46. The molecule has 1 aliphatic rings. The van der Waals surface area contributed by atoms with E-state index in [4.69, 9.17) is 16.3 Å². The van der Waals surface area contributed by atoms with Crippen LogP contribution in [-0.2, 0) is 11.3 Å². The van der Waals surface area contributed by atoms with E-state index in [1.54, 1.807) is 18.2 Å². The fourth-order valence-electron chi connectivity index (χ4n) is 3.25. The highest BCUT2D eigenvalue weighted by atomic mass is 35.5. The molecule has 0 spiro atoms. The molecule has 1 fully saturated rings. The number of hydrogen-bond acceptors (Lipinski definition) is 4. The highest BCUT2D eigenvalue weighted by molar-refractivity contribution is 6.31. The monoisotopic (exact) mass is 351 g/mol. The number of nitrogens with zero attached hydrogens (tertiary/aromatic N) is 2. The number of halogens is 1. The second-order valence-corrected chi connectivity index (χ2v) is 6.90. The Hall–Kier alpha value is -1.63. The fourth-order valence-corrected chi connectivity index (χ4v) is 3.42. The summed E-state index contributed by atoms with van der Waals surface area (Å²) in [6.07, 6.45) is 0.831. The van der Waals surface area contributed by atoms with Gasteiger partial charge in [-0.25, -0.2) is 4.79 Å². The minimum absolute atomic E-state index is 0.277. The fraction of sp³-hybridized carbons (Fsp3) is 0.529. The van der Waals surface area contributed by atoms with Crippen LogP contribution in [0.4, 0.5) is 0 Å². The predicted octanol–water partition coefficient (Wildman–Crippen LogP) is 1.84. The average Bonchev–Trinajstić information content (AvgIpc) is 2.59. The van der Waals surface area contributed by atoms with Gasteiger partial charge in [-0.05, 0) is 31.5 Å². The lowest BCUT2D eigenvalue weighted by atomic mass is 9.95. The van der Waals surface area contributed by atoms with Gasteiger partial charge in [-0.2, -0.15) is 0 Å². The maximum absolute atomic E-state index is 12.8. The number of ether oxygens (including phenoxy) is 1. The van der Waals surface area contributed by atoms with Crippen LogP contribution in [0.2, 0.25) is 5.02 Å². The molecule has 1 N–H and O–H groups in total. The summed E-state index contributed by atoms with van der Waals surface area (Å²) in [6.45, 7) is 7.48. The summed E-state index contributed by atoms with van der Waals surface area (Å²) in [5, 5.41) is 0.960. The SMILES string of the molecule is CC[C@@](C)(Cn1c(=O)[nH]c2cc(Cl)ccc2c1=O)N1CCOCC1. The van der Waals surface area contributed by atoms with Crippen LogP contribution in [0.15, 0.2) is 27.8 Å². The van der Waals surface area contributed by atoms with E-state index in [1.807, 2.05) is 0 Å². The molecule has 1 aliphatic heterocycles. The number of aromatic nitrogens is 2. The van der Waals surface area contributed by atoms with E-state index in [-0.39, 0.29) is 11.1 Å². The lowest BCUT2D eigenvalue weighted by molar-refractivity contribution is -0.0247. The molecular formula is C17H22ClN3O3. The average molecular weight is 352 g/mol. The number of rotatable bonds is 4. The van der Waals surface area contributed by atoms with Crippen LogP contribution in [0, 0.1) is 0 Å². The van der Waals surface area contributed by atoms with E-state index in [2.05, 4.69) is 23.7 Å². The van der Waals surface area contributed by atoms with Gasteiger partial charge in [0, 0.05) is 30.2 Å². The van der Waals surface area contributed by atoms with Crippen molar-refractivity contribution in [3.8, 4) is 0 Å². The van der Waals surface area contributed by atoms with Gasteiger partial charge < -0.3 is 9.72 Å². The van der Waals surface area contributed by atoms with Crippen LogP contribution >= 0.6 is 11.6 Å². The number of hydrogen-bond donors (Lipinski definition) is 1. The van der Waals surface area contributed by atoms with E-state index < -0.39 is 5.69 Å². The first-order chi connectivity index (χ1) is 11.4. The molecular weight excluding hydrogens is 330 g/mol. The van der Waals surface area contributed by atoms with Crippen molar-refractivity contribution in [1.29, 1.82) is 0 Å². The Morgan fingerprint density at radius 3 is 2.67 bits per heavy atom. The van der Waals surface area contributed by atoms with Crippen molar-refractivity contribution in [2.24, 2.45) is 0 Å². The largest absolute Gasteiger partial charge is 0.379 e. The molecule has 0 saturated carbocycles. The first-order valence-corrected chi connectivity index (χ1v) is 8.57. The molecule has 2 heterocycles. The molecule has 0 amide bonds. The minimum Gasteiger partial charge on any atom is -0.379 e. The molecule has 0 aliphatic carbocycles. The maximum atomic E-state index is 12.8. The topological polar surface area (TPSA) is 67.3 Å².